The zero-order valence-corrected chi connectivity index (χ0v) is 24.1. The van der Waals surface area contributed by atoms with Gasteiger partial charge in [-0.15, -0.1) is 11.3 Å². The van der Waals surface area contributed by atoms with Gasteiger partial charge in [-0.3, -0.25) is 14.6 Å². The maximum Gasteiger partial charge on any atom is 0.264 e. The van der Waals surface area contributed by atoms with E-state index in [0.29, 0.717) is 22.3 Å². The molecule has 0 aliphatic rings. The van der Waals surface area contributed by atoms with Gasteiger partial charge in [0.25, 0.3) is 5.56 Å². The minimum atomic E-state index is -0.529. The van der Waals surface area contributed by atoms with E-state index in [9.17, 15) is 14.4 Å². The van der Waals surface area contributed by atoms with E-state index >= 15 is 0 Å². The Bertz CT molecular complexity index is 1940. The fraction of sp³-hybridized carbons (Fsp3) is 0.200. The monoisotopic (exact) mass is 582 g/mol. The van der Waals surface area contributed by atoms with Crippen LogP contribution in [0.3, 0.4) is 0 Å². The van der Waals surface area contributed by atoms with E-state index in [1.807, 2.05) is 39.1 Å². The average Bonchev–Trinajstić information content (AvgIpc) is 3.33. The summed E-state index contributed by atoms with van der Waals surface area (Å²) in [5.74, 6) is -0.00187. The molecule has 4 N–H and O–H groups in total. The van der Waals surface area contributed by atoms with Crippen LogP contribution >= 0.6 is 11.3 Å². The molecule has 0 amide bonds. The van der Waals surface area contributed by atoms with Crippen LogP contribution in [-0.2, 0) is 0 Å². The van der Waals surface area contributed by atoms with Crippen molar-refractivity contribution >= 4 is 33.5 Å². The van der Waals surface area contributed by atoms with Crippen LogP contribution in [0.15, 0.2) is 59.1 Å². The summed E-state index contributed by atoms with van der Waals surface area (Å²) < 4.78 is 21.5. The number of aryl methyl sites for hydroxylation is 1. The second kappa shape index (κ2) is 11.4. The molecule has 1 atom stereocenters. The lowest BCUT2D eigenvalue weighted by Crippen LogP contribution is -2.22. The number of nitriles is 1. The molecule has 4 heterocycles. The highest BCUT2D eigenvalue weighted by molar-refractivity contribution is 7.15. The van der Waals surface area contributed by atoms with Crippen LogP contribution in [0, 0.1) is 29.5 Å². The first kappa shape index (κ1) is 28.4. The van der Waals surface area contributed by atoms with Crippen LogP contribution < -0.4 is 21.3 Å². The number of hydrogen-bond acceptors (Lipinski definition) is 10. The maximum atomic E-state index is 14.3. The predicted molar refractivity (Wildman–Crippen MR) is 161 cm³/mol. The van der Waals surface area contributed by atoms with Crippen molar-refractivity contribution in [3.8, 4) is 23.1 Å². The van der Waals surface area contributed by atoms with Crippen molar-refractivity contribution in [2.24, 2.45) is 0 Å². The molecule has 0 radical (unpaired) electrons. The first-order valence-electron chi connectivity index (χ1n) is 13.0. The fourth-order valence-corrected chi connectivity index (χ4v) is 5.59. The van der Waals surface area contributed by atoms with Gasteiger partial charge in [-0.1, -0.05) is 12.1 Å². The fourth-order valence-electron chi connectivity index (χ4n) is 4.67. The Kier molecular flexibility index (Phi) is 7.69. The van der Waals surface area contributed by atoms with Crippen molar-refractivity contribution in [3.63, 3.8) is 0 Å². The molecule has 212 valence electrons. The number of halogens is 1. The van der Waals surface area contributed by atoms with Crippen molar-refractivity contribution in [3.05, 3.63) is 98.4 Å². The third-order valence-corrected chi connectivity index (χ3v) is 7.58. The zero-order valence-electron chi connectivity index (χ0n) is 23.3. The normalized spacial score (nSPS) is 11.8. The second-order valence-electron chi connectivity index (χ2n) is 9.92. The standard InChI is InChI=1S/C30H27FN8O2S/c1-15(2)41-29-19(11-32)8-20(12-35-29)26(33)25-27(34)36-14-37-28(25)38-17(4)22-10-23-39(16(3)13-42-23)30(40)24(22)18-6-5-7-21(31)9-18/h5-10,12-15,17,33H,1-4H3,(H3,34,36,37,38)/t17-/m0/s1. The summed E-state index contributed by atoms with van der Waals surface area (Å²) in [6.07, 6.45) is 2.51. The Balaban J connectivity index is 1.59. The summed E-state index contributed by atoms with van der Waals surface area (Å²) in [6.45, 7) is 7.34. The maximum absolute atomic E-state index is 14.3. The number of rotatable bonds is 8. The summed E-state index contributed by atoms with van der Waals surface area (Å²) in [5.41, 5.74) is 8.78. The first-order chi connectivity index (χ1) is 20.1. The molecule has 5 aromatic rings. The van der Waals surface area contributed by atoms with E-state index in [1.165, 1.54) is 42.1 Å². The first-order valence-corrected chi connectivity index (χ1v) is 13.9. The summed E-state index contributed by atoms with van der Waals surface area (Å²) in [7, 11) is 0. The van der Waals surface area contributed by atoms with Gasteiger partial charge in [0.05, 0.1) is 29.0 Å². The highest BCUT2D eigenvalue weighted by Crippen LogP contribution is 2.32. The lowest BCUT2D eigenvalue weighted by atomic mass is 9.96. The van der Waals surface area contributed by atoms with Crippen LogP contribution in [-0.4, -0.2) is 31.2 Å². The van der Waals surface area contributed by atoms with Gasteiger partial charge in [0.2, 0.25) is 5.88 Å². The largest absolute Gasteiger partial charge is 0.474 e. The molecule has 0 saturated heterocycles. The smallest absolute Gasteiger partial charge is 0.264 e. The minimum absolute atomic E-state index is 0.0421. The van der Waals surface area contributed by atoms with Crippen LogP contribution in [0.1, 0.15) is 54.8 Å². The molecule has 1 aromatic carbocycles. The third kappa shape index (κ3) is 5.29. The van der Waals surface area contributed by atoms with E-state index < -0.39 is 11.9 Å². The highest BCUT2D eigenvalue weighted by Gasteiger charge is 2.24. The molecule has 0 bridgehead atoms. The van der Waals surface area contributed by atoms with Gasteiger partial charge in [0, 0.05) is 22.8 Å². The molecule has 0 fully saturated rings. The number of nitrogens with two attached hydrogens (primary N) is 1. The molecule has 12 heteroatoms. The molecule has 4 aromatic heterocycles. The van der Waals surface area contributed by atoms with Crippen molar-refractivity contribution in [2.75, 3.05) is 11.1 Å². The number of anilines is 2. The molecule has 0 saturated carbocycles. The van der Waals surface area contributed by atoms with Gasteiger partial charge in [-0.05, 0) is 63.1 Å². The third-order valence-electron chi connectivity index (χ3n) is 6.58. The number of fused-ring (bicyclic) bond motifs is 1. The number of benzene rings is 1. The van der Waals surface area contributed by atoms with E-state index in [0.717, 1.165) is 10.5 Å². The van der Waals surface area contributed by atoms with Gasteiger partial charge >= 0.3 is 0 Å². The highest BCUT2D eigenvalue weighted by atomic mass is 32.1. The minimum Gasteiger partial charge on any atom is -0.474 e. The predicted octanol–water partition coefficient (Wildman–Crippen LogP) is 5.49. The zero-order chi connectivity index (χ0) is 30.1. The molecule has 0 spiro atoms. The molecule has 42 heavy (non-hydrogen) atoms. The van der Waals surface area contributed by atoms with Crippen LogP contribution in [0.25, 0.3) is 16.0 Å². The van der Waals surface area contributed by atoms with Crippen LogP contribution in [0.4, 0.5) is 16.0 Å². The molecule has 10 nitrogen and oxygen atoms in total. The van der Waals surface area contributed by atoms with E-state index in [1.54, 1.807) is 16.5 Å². The summed E-state index contributed by atoms with van der Waals surface area (Å²) in [6, 6.07) is 10.8. The van der Waals surface area contributed by atoms with Gasteiger partial charge in [-0.2, -0.15) is 5.26 Å². The number of nitrogen functional groups attached to an aromatic ring is 1. The van der Waals surface area contributed by atoms with E-state index in [-0.39, 0.29) is 46.0 Å². The van der Waals surface area contributed by atoms with Gasteiger partial charge < -0.3 is 15.8 Å². The van der Waals surface area contributed by atoms with Crippen molar-refractivity contribution < 1.29 is 9.13 Å². The number of ether oxygens (including phenoxy) is 1. The lowest BCUT2D eigenvalue weighted by Gasteiger charge is -2.21. The second-order valence-corrected chi connectivity index (χ2v) is 10.8. The number of hydrogen-bond donors (Lipinski definition) is 3. The Morgan fingerprint density at radius 1 is 1.21 bits per heavy atom. The van der Waals surface area contributed by atoms with Gasteiger partial charge in [-0.25, -0.2) is 19.3 Å². The van der Waals surface area contributed by atoms with E-state index in [2.05, 4.69) is 26.3 Å². The topological polar surface area (TPSA) is 155 Å². The quantitative estimate of drug-likeness (QED) is 0.203. The summed E-state index contributed by atoms with van der Waals surface area (Å²) >= 11 is 1.43. The molecule has 0 aliphatic carbocycles. The van der Waals surface area contributed by atoms with E-state index in [4.69, 9.17) is 15.9 Å². The number of nitrogens with zero attached hydrogens (tertiary/aromatic N) is 5. The molecule has 0 aliphatic heterocycles. The van der Waals surface area contributed by atoms with Crippen molar-refractivity contribution in [1.82, 2.24) is 19.4 Å². The molecule has 0 unspecified atom stereocenters. The number of thiazole rings is 1. The van der Waals surface area contributed by atoms with Crippen molar-refractivity contribution in [2.45, 2.75) is 39.8 Å². The number of pyridine rings is 2. The Labute approximate surface area is 244 Å². The molecular formula is C30H27FN8O2S. The number of nitrogens with one attached hydrogen (secondary N) is 2. The number of aromatic nitrogens is 4. The molecule has 5 rings (SSSR count). The SMILES string of the molecule is Cc1csc2cc([C@H](C)Nc3ncnc(N)c3C(=N)c3cnc(OC(C)C)c(C#N)c3)c(-c3cccc(F)c3)c(=O)n12. The van der Waals surface area contributed by atoms with Crippen molar-refractivity contribution in [1.29, 1.82) is 10.7 Å². The van der Waals surface area contributed by atoms with Crippen LogP contribution in [0.5, 0.6) is 5.88 Å². The van der Waals surface area contributed by atoms with Crippen LogP contribution in [0.2, 0.25) is 0 Å². The summed E-state index contributed by atoms with van der Waals surface area (Å²) in [4.78, 5) is 27.2. The summed E-state index contributed by atoms with van der Waals surface area (Å²) in [5, 5.41) is 23.8. The molecular weight excluding hydrogens is 555 g/mol. The van der Waals surface area contributed by atoms with Gasteiger partial charge in [0.15, 0.2) is 0 Å². The Morgan fingerprint density at radius 3 is 2.71 bits per heavy atom. The van der Waals surface area contributed by atoms with Gasteiger partial charge in [0.1, 0.15) is 40.2 Å². The lowest BCUT2D eigenvalue weighted by molar-refractivity contribution is 0.232. The Morgan fingerprint density at radius 2 is 2.00 bits per heavy atom. The Hall–Kier alpha value is -5.15. The average molecular weight is 583 g/mol.